The molecule has 76 heavy (non-hydrogen) atoms. The Kier molecular flexibility index (Phi) is 37.3. The molecule has 0 aromatic rings. The van der Waals surface area contributed by atoms with E-state index in [0.717, 1.165) is 103 Å². The molecular formula is C55H94O15S6. The highest BCUT2D eigenvalue weighted by atomic mass is 32.1. The second-order valence-electron chi connectivity index (χ2n) is 22.0. The Morgan fingerprint density at radius 1 is 0.289 bits per heavy atom. The largest absolute Gasteiger partial charge is 0.508 e. The predicted octanol–water partition coefficient (Wildman–Crippen LogP) is 11.4. The minimum Gasteiger partial charge on any atom is -0.465 e. The Balaban J connectivity index is 0.000000410. The van der Waals surface area contributed by atoms with Crippen molar-refractivity contribution < 1.29 is 71.5 Å². The lowest BCUT2D eigenvalue weighted by Gasteiger charge is -2.28. The van der Waals surface area contributed by atoms with Gasteiger partial charge in [0.1, 0.15) is 12.2 Å². The number of hydrogen-bond donors (Lipinski definition) is 6. The summed E-state index contributed by atoms with van der Waals surface area (Å²) in [6.07, 6.45) is 16.2. The Bertz CT molecular complexity index is 1550. The zero-order valence-electron chi connectivity index (χ0n) is 46.2. The van der Waals surface area contributed by atoms with Crippen LogP contribution in [0.25, 0.3) is 0 Å². The summed E-state index contributed by atoms with van der Waals surface area (Å²) in [6, 6.07) is 0. The molecule has 0 aliphatic heterocycles. The summed E-state index contributed by atoms with van der Waals surface area (Å²) in [7, 11) is 0. The summed E-state index contributed by atoms with van der Waals surface area (Å²) in [5.41, 5.74) is 0. The first-order valence-electron chi connectivity index (χ1n) is 27.8. The third kappa shape index (κ3) is 36.4. The monoisotopic (exact) mass is 1190 g/mol. The van der Waals surface area contributed by atoms with Crippen molar-refractivity contribution in [1.82, 2.24) is 0 Å². The number of carbonyl (C=O) groups excluding carboxylic acids is 7. The van der Waals surface area contributed by atoms with E-state index >= 15 is 0 Å². The topological polar surface area (TPSA) is 193 Å². The van der Waals surface area contributed by atoms with Crippen molar-refractivity contribution in [2.24, 2.45) is 35.5 Å². The molecule has 4 aliphatic rings. The van der Waals surface area contributed by atoms with Crippen LogP contribution in [0.4, 0.5) is 4.79 Å². The number of ether oxygens (including phenoxy) is 8. The molecule has 0 spiro atoms. The summed E-state index contributed by atoms with van der Waals surface area (Å²) in [4.78, 5) is 81.4. The van der Waals surface area contributed by atoms with Crippen LogP contribution in [0.15, 0.2) is 0 Å². The zero-order valence-corrected chi connectivity index (χ0v) is 51.6. The normalized spacial score (nSPS) is 25.7. The van der Waals surface area contributed by atoms with Crippen LogP contribution in [-0.2, 0) is 66.7 Å². The van der Waals surface area contributed by atoms with Crippen molar-refractivity contribution in [1.29, 1.82) is 0 Å². The highest BCUT2D eigenvalue weighted by Gasteiger charge is 2.29. The maximum absolute atomic E-state index is 12.0. The van der Waals surface area contributed by atoms with Crippen molar-refractivity contribution in [2.75, 3.05) is 39.6 Å². The summed E-state index contributed by atoms with van der Waals surface area (Å²) < 4.78 is 42.7. The Hall–Kier alpha value is -1.81. The van der Waals surface area contributed by atoms with Crippen molar-refractivity contribution in [3.8, 4) is 0 Å². The molecule has 0 N–H and O–H groups in total. The third-order valence-electron chi connectivity index (χ3n) is 13.7. The Morgan fingerprint density at radius 2 is 0.461 bits per heavy atom. The highest BCUT2D eigenvalue weighted by molar-refractivity contribution is 7.81. The third-order valence-corrected chi connectivity index (χ3v) is 14.8. The molecule has 0 amide bonds. The molecule has 6 atom stereocenters. The quantitative estimate of drug-likeness (QED) is 0.0272. The van der Waals surface area contributed by atoms with Gasteiger partial charge in [0.15, 0.2) is 0 Å². The van der Waals surface area contributed by atoms with Gasteiger partial charge in [-0.3, -0.25) is 28.8 Å². The van der Waals surface area contributed by atoms with Crippen molar-refractivity contribution >= 4 is 118 Å². The molecule has 0 aromatic carbocycles. The number of thiol groups is 6. The van der Waals surface area contributed by atoms with Crippen LogP contribution in [0, 0.1) is 35.5 Å². The van der Waals surface area contributed by atoms with Gasteiger partial charge in [0.25, 0.3) is 0 Å². The van der Waals surface area contributed by atoms with Gasteiger partial charge in [-0.2, -0.15) is 75.8 Å². The lowest BCUT2D eigenvalue weighted by atomic mass is 9.83. The number of rotatable bonds is 26. The van der Waals surface area contributed by atoms with E-state index in [1.165, 1.54) is 0 Å². The molecule has 21 heteroatoms. The van der Waals surface area contributed by atoms with Crippen molar-refractivity contribution in [2.45, 2.75) is 227 Å². The molecule has 4 fully saturated rings. The van der Waals surface area contributed by atoms with Gasteiger partial charge < -0.3 is 37.9 Å². The molecule has 15 nitrogen and oxygen atoms in total. The van der Waals surface area contributed by atoms with Gasteiger partial charge in [0, 0.05) is 31.5 Å². The van der Waals surface area contributed by atoms with Crippen molar-refractivity contribution in [3.05, 3.63) is 0 Å². The number of carbonyl (C=O) groups is 7. The van der Waals surface area contributed by atoms with Gasteiger partial charge in [-0.25, -0.2) is 4.79 Å². The molecule has 4 aliphatic carbocycles. The van der Waals surface area contributed by atoms with Gasteiger partial charge in [-0.1, -0.05) is 41.5 Å². The van der Waals surface area contributed by atoms with Crippen LogP contribution in [0.1, 0.15) is 183 Å². The first-order valence-corrected chi connectivity index (χ1v) is 30.9. The average molecular weight is 1190 g/mol. The van der Waals surface area contributed by atoms with E-state index < -0.39 is 6.16 Å². The minimum absolute atomic E-state index is 0.0128. The van der Waals surface area contributed by atoms with E-state index in [-0.39, 0.29) is 79.5 Å². The predicted molar refractivity (Wildman–Crippen MR) is 314 cm³/mol. The number of hydrogen-bond acceptors (Lipinski definition) is 21. The summed E-state index contributed by atoms with van der Waals surface area (Å²) in [5, 5.41) is 0.138. The summed E-state index contributed by atoms with van der Waals surface area (Å²) >= 11 is 25.1. The molecular weight excluding hydrogens is 1090 g/mol. The molecule has 0 heterocycles. The standard InChI is InChI=1S/C25H42O7S2.C16H28O4S2.C14H24O4S2/c1-17(33)11-23(26)29-13-19-3-7-21(8-4-19)15-31-25(28)32-16-22-9-5-20(6-10-22)14-30-24(27)12-18(2)34;1-11(21)7-15(17)19-9-13-3-5-14(6-4-13)10-20-16(18)8-12(2)22;1-9(19)7-13(15)17-11-3-5-12(6-4-11)18-14(16)8-10(2)20/h17-22,33-34H,3-16H2,1-2H3;11-14,21-22H,3-10H2,1-2H3;9-12,19-20H,3-8H2,1-2H3. The fourth-order valence-corrected chi connectivity index (χ4v) is 10.3. The van der Waals surface area contributed by atoms with E-state index in [0.29, 0.717) is 114 Å². The Labute approximate surface area is 487 Å². The van der Waals surface area contributed by atoms with Gasteiger partial charge in [0.2, 0.25) is 0 Å². The first-order chi connectivity index (χ1) is 35.9. The molecule has 0 bridgehead atoms. The SMILES string of the molecule is CC(S)CC(=O)OC1CCC(OC(=O)CC(C)S)CC1.CC(S)CC(=O)OCC1CCC(COC(=O)CC(C)S)CC1.CC(S)CC(=O)OCC1CCC(COC(=O)OCC2CCC(COC(=O)CC(C)S)CC2)CC1. The van der Waals surface area contributed by atoms with Crippen LogP contribution in [0.2, 0.25) is 0 Å². The zero-order chi connectivity index (χ0) is 56.6. The number of esters is 6. The fraction of sp³-hybridized carbons (Fsp3) is 0.873. The fourth-order valence-electron chi connectivity index (χ4n) is 9.37. The summed E-state index contributed by atoms with van der Waals surface area (Å²) in [5.74, 6) is 1.19. The van der Waals surface area contributed by atoms with E-state index in [1.54, 1.807) is 0 Å². The van der Waals surface area contributed by atoms with Gasteiger partial charge in [-0.05, 0) is 138 Å². The first kappa shape index (κ1) is 70.3. The van der Waals surface area contributed by atoms with Gasteiger partial charge >= 0.3 is 42.0 Å². The Morgan fingerprint density at radius 3 is 0.645 bits per heavy atom. The minimum atomic E-state index is -0.589. The highest BCUT2D eigenvalue weighted by Crippen LogP contribution is 2.32. The van der Waals surface area contributed by atoms with E-state index in [4.69, 9.17) is 37.9 Å². The van der Waals surface area contributed by atoms with Crippen LogP contribution in [0.3, 0.4) is 0 Å². The molecule has 0 saturated heterocycles. The molecule has 4 rings (SSSR count). The van der Waals surface area contributed by atoms with E-state index in [1.807, 2.05) is 41.5 Å². The van der Waals surface area contributed by atoms with E-state index in [9.17, 15) is 33.6 Å². The van der Waals surface area contributed by atoms with Gasteiger partial charge in [-0.15, -0.1) is 0 Å². The van der Waals surface area contributed by atoms with Crippen LogP contribution in [0.5, 0.6) is 0 Å². The smallest absolute Gasteiger partial charge is 0.465 e. The van der Waals surface area contributed by atoms with Crippen LogP contribution >= 0.6 is 75.8 Å². The maximum atomic E-state index is 12.0. The summed E-state index contributed by atoms with van der Waals surface area (Å²) in [6.45, 7) is 13.9. The van der Waals surface area contributed by atoms with Gasteiger partial charge in [0.05, 0.1) is 78.2 Å². The average Bonchev–Trinajstić information content (AvgIpc) is 3.33. The molecule has 440 valence electrons. The lowest BCUT2D eigenvalue weighted by molar-refractivity contribution is -0.158. The van der Waals surface area contributed by atoms with Crippen LogP contribution in [-0.4, -0.2) is 125 Å². The van der Waals surface area contributed by atoms with E-state index in [2.05, 4.69) is 75.8 Å². The second-order valence-corrected chi connectivity index (χ2v) is 27.3. The molecule has 0 aromatic heterocycles. The second kappa shape index (κ2) is 40.4. The van der Waals surface area contributed by atoms with Crippen LogP contribution < -0.4 is 0 Å². The molecule has 4 saturated carbocycles. The molecule has 0 radical (unpaired) electrons. The van der Waals surface area contributed by atoms with Crippen molar-refractivity contribution in [3.63, 3.8) is 0 Å². The molecule has 6 unspecified atom stereocenters. The maximum Gasteiger partial charge on any atom is 0.508 e. The lowest BCUT2D eigenvalue weighted by Crippen LogP contribution is -2.30.